The molecule has 190 valence electrons. The van der Waals surface area contributed by atoms with Crippen molar-refractivity contribution in [3.8, 4) is 0 Å². The van der Waals surface area contributed by atoms with E-state index in [9.17, 15) is 4.79 Å². The first-order valence-electron chi connectivity index (χ1n) is 13.4. The Labute approximate surface area is 217 Å². The summed E-state index contributed by atoms with van der Waals surface area (Å²) in [6.07, 6.45) is 8.76. The topological polar surface area (TPSA) is 29.5 Å². The molecule has 0 amide bonds. The third kappa shape index (κ3) is 8.12. The molecule has 0 aliphatic carbocycles. The molecule has 3 nitrogen and oxygen atoms in total. The highest BCUT2D eigenvalue weighted by molar-refractivity contribution is 5.86. The molecule has 0 saturated carbocycles. The maximum absolute atomic E-state index is 11.6. The van der Waals surface area contributed by atoms with E-state index in [0.29, 0.717) is 12.2 Å². The van der Waals surface area contributed by atoms with Gasteiger partial charge in [-0.05, 0) is 98.5 Å². The molecule has 0 heterocycles. The third-order valence-corrected chi connectivity index (χ3v) is 6.41. The van der Waals surface area contributed by atoms with Gasteiger partial charge < -0.3 is 9.64 Å². The van der Waals surface area contributed by atoms with E-state index in [1.807, 2.05) is 0 Å². The molecule has 0 aromatic heterocycles. The smallest absolute Gasteiger partial charge is 0.333 e. The Kier molecular flexibility index (Phi) is 10.8. The number of ether oxygens (including phenoxy) is 1. The first-order valence-corrected chi connectivity index (χ1v) is 13.4. The van der Waals surface area contributed by atoms with Gasteiger partial charge in [-0.2, -0.15) is 0 Å². The molecule has 0 aliphatic heterocycles. The van der Waals surface area contributed by atoms with Gasteiger partial charge in [-0.15, -0.1) is 0 Å². The maximum atomic E-state index is 11.6. The summed E-state index contributed by atoms with van der Waals surface area (Å²) in [5.41, 5.74) is 7.91. The van der Waals surface area contributed by atoms with Crippen LogP contribution in [0, 0.1) is 0 Å². The molecule has 0 spiro atoms. The Hall–Kier alpha value is -3.33. The first-order chi connectivity index (χ1) is 17.5. The molecule has 0 radical (unpaired) electrons. The quantitative estimate of drug-likeness (QED) is 0.130. The van der Waals surface area contributed by atoms with E-state index in [2.05, 4.69) is 98.1 Å². The summed E-state index contributed by atoms with van der Waals surface area (Å²) >= 11 is 0. The Bertz CT molecular complexity index is 1030. The van der Waals surface area contributed by atoms with Gasteiger partial charge >= 0.3 is 5.97 Å². The number of rotatable bonds is 14. The molecule has 3 aromatic carbocycles. The van der Waals surface area contributed by atoms with Crippen LogP contribution in [0.3, 0.4) is 0 Å². The zero-order valence-corrected chi connectivity index (χ0v) is 22.3. The number of nitrogens with zero attached hydrogens (tertiary/aromatic N) is 1. The van der Waals surface area contributed by atoms with Gasteiger partial charge in [0.1, 0.15) is 0 Å². The molecule has 3 rings (SSSR count). The fraction of sp³-hybridized carbons (Fsp3) is 0.364. The monoisotopic (exact) mass is 483 g/mol. The summed E-state index contributed by atoms with van der Waals surface area (Å²) in [6.45, 7) is 10.2. The fourth-order valence-corrected chi connectivity index (χ4v) is 4.21. The van der Waals surface area contributed by atoms with Gasteiger partial charge in [0.15, 0.2) is 0 Å². The number of esters is 1. The number of benzene rings is 3. The molecule has 0 atom stereocenters. The highest BCUT2D eigenvalue weighted by atomic mass is 16.5. The number of unbranched alkanes of at least 4 members (excludes halogenated alkanes) is 2. The van der Waals surface area contributed by atoms with E-state index in [1.165, 1.54) is 42.4 Å². The van der Waals surface area contributed by atoms with Gasteiger partial charge in [-0.25, -0.2) is 4.79 Å². The molecule has 0 bridgehead atoms. The van der Waals surface area contributed by atoms with Crippen molar-refractivity contribution in [3.63, 3.8) is 0 Å². The lowest BCUT2D eigenvalue weighted by Crippen LogP contribution is -2.10. The Balaban J connectivity index is 1.78. The molecule has 36 heavy (non-hydrogen) atoms. The predicted molar refractivity (Wildman–Crippen MR) is 152 cm³/mol. The molecule has 0 fully saturated rings. The number of anilines is 3. The molecule has 3 heteroatoms. The lowest BCUT2D eigenvalue weighted by Gasteiger charge is -2.26. The third-order valence-electron chi connectivity index (χ3n) is 6.41. The normalized spacial score (nSPS) is 10.8. The second-order valence-electron chi connectivity index (χ2n) is 9.56. The minimum absolute atomic E-state index is 0.317. The lowest BCUT2D eigenvalue weighted by atomic mass is 10.0. The van der Waals surface area contributed by atoms with Gasteiger partial charge in [0.05, 0.1) is 6.61 Å². The summed E-state index contributed by atoms with van der Waals surface area (Å²) in [5, 5.41) is 0. The van der Waals surface area contributed by atoms with Crippen LogP contribution in [0.4, 0.5) is 17.1 Å². The van der Waals surface area contributed by atoms with Crippen LogP contribution in [-0.4, -0.2) is 12.6 Å². The van der Waals surface area contributed by atoms with Crippen LogP contribution in [0.1, 0.15) is 69.6 Å². The van der Waals surface area contributed by atoms with Crippen molar-refractivity contribution in [2.24, 2.45) is 0 Å². The first kappa shape index (κ1) is 27.3. The van der Waals surface area contributed by atoms with Crippen LogP contribution in [0.15, 0.2) is 84.9 Å². The Morgan fingerprint density at radius 3 is 1.36 bits per heavy atom. The molecule has 0 aliphatic rings. The van der Waals surface area contributed by atoms with Crippen molar-refractivity contribution in [2.45, 2.75) is 72.1 Å². The van der Waals surface area contributed by atoms with Crippen molar-refractivity contribution in [1.29, 1.82) is 0 Å². The molecule has 0 saturated heterocycles. The van der Waals surface area contributed by atoms with Gasteiger partial charge in [0.25, 0.3) is 0 Å². The lowest BCUT2D eigenvalue weighted by molar-refractivity contribution is -0.139. The SMILES string of the molecule is C=C(C)C(=O)OCCCc1ccc(N(c2ccc(CCCC)cc2)c2ccc(CCCC)cc2)cc1. The summed E-state index contributed by atoms with van der Waals surface area (Å²) < 4.78 is 5.22. The zero-order valence-electron chi connectivity index (χ0n) is 22.3. The minimum Gasteiger partial charge on any atom is -0.462 e. The number of carbonyl (C=O) groups is 1. The van der Waals surface area contributed by atoms with E-state index in [1.54, 1.807) is 6.92 Å². The maximum Gasteiger partial charge on any atom is 0.333 e. The van der Waals surface area contributed by atoms with Crippen LogP contribution < -0.4 is 4.90 Å². The van der Waals surface area contributed by atoms with Gasteiger partial charge in [0.2, 0.25) is 0 Å². The zero-order chi connectivity index (χ0) is 25.8. The second kappa shape index (κ2) is 14.3. The van der Waals surface area contributed by atoms with Crippen LogP contribution >= 0.6 is 0 Å². The van der Waals surface area contributed by atoms with E-state index >= 15 is 0 Å². The summed E-state index contributed by atoms with van der Waals surface area (Å²) in [6, 6.07) is 26.7. The van der Waals surface area contributed by atoms with Crippen molar-refractivity contribution in [1.82, 2.24) is 0 Å². The standard InChI is InChI=1S/C33H41NO2/c1-5-7-10-27-13-19-30(20-14-27)34(31-21-15-28(16-22-31)11-8-6-2)32-23-17-29(18-24-32)12-9-25-36-33(35)26(3)4/h13-24H,3,5-12,25H2,1-2,4H3. The highest BCUT2D eigenvalue weighted by Gasteiger charge is 2.13. The number of hydrogen-bond donors (Lipinski definition) is 0. The molecule has 0 N–H and O–H groups in total. The van der Waals surface area contributed by atoms with E-state index < -0.39 is 0 Å². The van der Waals surface area contributed by atoms with Crippen molar-refractivity contribution in [3.05, 3.63) is 102 Å². The predicted octanol–water partition coefficient (Wildman–Crippen LogP) is 8.89. The molecule has 3 aromatic rings. The van der Waals surface area contributed by atoms with E-state index in [4.69, 9.17) is 4.74 Å². The summed E-state index contributed by atoms with van der Waals surface area (Å²) in [5.74, 6) is -0.317. The number of carbonyl (C=O) groups excluding carboxylic acids is 1. The molecular formula is C33H41NO2. The van der Waals surface area contributed by atoms with Gasteiger partial charge in [-0.1, -0.05) is 69.7 Å². The second-order valence-corrected chi connectivity index (χ2v) is 9.56. The van der Waals surface area contributed by atoms with E-state index in [-0.39, 0.29) is 5.97 Å². The average molecular weight is 484 g/mol. The van der Waals surface area contributed by atoms with Crippen molar-refractivity contribution < 1.29 is 9.53 Å². The Morgan fingerprint density at radius 1 is 0.667 bits per heavy atom. The van der Waals surface area contributed by atoms with E-state index in [0.717, 1.165) is 42.7 Å². The van der Waals surface area contributed by atoms with Gasteiger partial charge in [0, 0.05) is 22.6 Å². The van der Waals surface area contributed by atoms with Crippen molar-refractivity contribution >= 4 is 23.0 Å². The highest BCUT2D eigenvalue weighted by Crippen LogP contribution is 2.35. The van der Waals surface area contributed by atoms with Crippen LogP contribution in [-0.2, 0) is 28.8 Å². The largest absolute Gasteiger partial charge is 0.462 e. The van der Waals surface area contributed by atoms with Crippen LogP contribution in [0.5, 0.6) is 0 Å². The van der Waals surface area contributed by atoms with Crippen molar-refractivity contribution in [2.75, 3.05) is 11.5 Å². The fourth-order valence-electron chi connectivity index (χ4n) is 4.21. The van der Waals surface area contributed by atoms with Gasteiger partial charge in [-0.3, -0.25) is 0 Å². The molecular weight excluding hydrogens is 442 g/mol. The Morgan fingerprint density at radius 2 is 1.03 bits per heavy atom. The van der Waals surface area contributed by atoms with Crippen LogP contribution in [0.2, 0.25) is 0 Å². The molecule has 0 unspecified atom stereocenters. The summed E-state index contributed by atoms with van der Waals surface area (Å²) in [4.78, 5) is 13.9. The minimum atomic E-state index is -0.317. The number of hydrogen-bond acceptors (Lipinski definition) is 3. The average Bonchev–Trinajstić information content (AvgIpc) is 2.91. The summed E-state index contributed by atoms with van der Waals surface area (Å²) in [7, 11) is 0. The number of aryl methyl sites for hydroxylation is 3. The van der Waals surface area contributed by atoms with Crippen LogP contribution in [0.25, 0.3) is 0 Å².